The second kappa shape index (κ2) is 4.38. The van der Waals surface area contributed by atoms with Gasteiger partial charge in [-0.05, 0) is 30.9 Å². The molecule has 0 aliphatic carbocycles. The molecule has 0 saturated heterocycles. The van der Waals surface area contributed by atoms with Gasteiger partial charge in [0.25, 0.3) is 0 Å². The number of aromatic amines is 1. The molecular weight excluding hydrogens is 242 g/mol. The van der Waals surface area contributed by atoms with E-state index in [1.165, 1.54) is 11.1 Å². The van der Waals surface area contributed by atoms with E-state index in [4.69, 9.17) is 0 Å². The van der Waals surface area contributed by atoms with Gasteiger partial charge in [-0.3, -0.25) is 5.10 Å². The number of thiophene rings is 1. The highest BCUT2D eigenvalue weighted by Crippen LogP contribution is 2.25. The summed E-state index contributed by atoms with van der Waals surface area (Å²) in [6, 6.07) is 10.4. The Morgan fingerprint density at radius 2 is 2.06 bits per heavy atom. The van der Waals surface area contributed by atoms with Crippen LogP contribution in [0.15, 0.2) is 35.7 Å². The Balaban J connectivity index is 2.03. The summed E-state index contributed by atoms with van der Waals surface area (Å²) in [6.07, 6.45) is 0. The smallest absolute Gasteiger partial charge is 0.181 e. The Morgan fingerprint density at radius 1 is 1.17 bits per heavy atom. The first-order chi connectivity index (χ1) is 8.74. The van der Waals surface area contributed by atoms with Gasteiger partial charge in [-0.25, -0.2) is 4.98 Å². The Labute approximate surface area is 110 Å². The van der Waals surface area contributed by atoms with E-state index in [0.29, 0.717) is 0 Å². The van der Waals surface area contributed by atoms with Crippen molar-refractivity contribution in [1.82, 2.24) is 15.2 Å². The molecule has 0 radical (unpaired) electrons. The number of rotatable bonds is 2. The molecule has 0 aliphatic rings. The molecule has 3 rings (SSSR count). The minimum absolute atomic E-state index is 0.760. The highest BCUT2D eigenvalue weighted by Gasteiger charge is 2.10. The van der Waals surface area contributed by atoms with Gasteiger partial charge in [0.1, 0.15) is 0 Å². The van der Waals surface area contributed by atoms with Crippen LogP contribution in [0.2, 0.25) is 0 Å². The van der Waals surface area contributed by atoms with Gasteiger partial charge in [0.2, 0.25) is 0 Å². The zero-order valence-electron chi connectivity index (χ0n) is 10.3. The predicted molar refractivity (Wildman–Crippen MR) is 74.6 cm³/mol. The normalized spacial score (nSPS) is 10.8. The van der Waals surface area contributed by atoms with Crippen LogP contribution < -0.4 is 0 Å². The van der Waals surface area contributed by atoms with Gasteiger partial charge >= 0.3 is 0 Å². The lowest BCUT2D eigenvalue weighted by Crippen LogP contribution is -1.86. The molecule has 3 nitrogen and oxygen atoms in total. The number of nitrogens with zero attached hydrogens (tertiary/aromatic N) is 2. The molecule has 0 fully saturated rings. The van der Waals surface area contributed by atoms with E-state index >= 15 is 0 Å². The summed E-state index contributed by atoms with van der Waals surface area (Å²) < 4.78 is 0. The molecule has 0 amide bonds. The molecule has 2 aromatic heterocycles. The van der Waals surface area contributed by atoms with Crippen molar-refractivity contribution in [1.29, 1.82) is 0 Å². The molecule has 90 valence electrons. The molecule has 0 spiro atoms. The number of benzene rings is 1. The summed E-state index contributed by atoms with van der Waals surface area (Å²) in [6.45, 7) is 4.18. The molecule has 2 heterocycles. The molecule has 0 unspecified atom stereocenters. The maximum Gasteiger partial charge on any atom is 0.181 e. The SMILES string of the molecule is Cc1ccc(-c2n[nH]c(-c3cccs3)n2)c(C)c1. The summed E-state index contributed by atoms with van der Waals surface area (Å²) in [5.74, 6) is 1.59. The van der Waals surface area contributed by atoms with Crippen LogP contribution in [-0.4, -0.2) is 15.2 Å². The first-order valence-corrected chi connectivity index (χ1v) is 6.66. The molecule has 4 heteroatoms. The van der Waals surface area contributed by atoms with Gasteiger partial charge < -0.3 is 0 Å². The van der Waals surface area contributed by atoms with Crippen molar-refractivity contribution < 1.29 is 0 Å². The van der Waals surface area contributed by atoms with Crippen molar-refractivity contribution in [3.8, 4) is 22.1 Å². The minimum Gasteiger partial charge on any atom is -0.258 e. The van der Waals surface area contributed by atoms with Gasteiger partial charge in [0.15, 0.2) is 11.6 Å². The zero-order valence-corrected chi connectivity index (χ0v) is 11.1. The van der Waals surface area contributed by atoms with E-state index in [-0.39, 0.29) is 0 Å². The molecule has 0 bridgehead atoms. The number of hydrogen-bond donors (Lipinski definition) is 1. The van der Waals surface area contributed by atoms with Gasteiger partial charge in [-0.2, -0.15) is 5.10 Å². The maximum atomic E-state index is 4.56. The van der Waals surface area contributed by atoms with E-state index in [1.807, 2.05) is 17.5 Å². The molecule has 1 aromatic carbocycles. The standard InChI is InChI=1S/C14H13N3S/c1-9-5-6-11(10(2)8-9)13-15-14(17-16-13)12-4-3-7-18-12/h3-8H,1-2H3,(H,15,16,17). The second-order valence-corrected chi connectivity index (χ2v) is 5.25. The number of H-pyrrole nitrogens is 1. The molecule has 0 saturated carbocycles. The second-order valence-electron chi connectivity index (χ2n) is 4.30. The van der Waals surface area contributed by atoms with Crippen molar-refractivity contribution in [3.05, 3.63) is 46.8 Å². The average Bonchev–Trinajstić information content (AvgIpc) is 2.99. The largest absolute Gasteiger partial charge is 0.258 e. The fraction of sp³-hybridized carbons (Fsp3) is 0.143. The highest BCUT2D eigenvalue weighted by molar-refractivity contribution is 7.13. The van der Waals surface area contributed by atoms with E-state index in [9.17, 15) is 0 Å². The fourth-order valence-electron chi connectivity index (χ4n) is 1.97. The Morgan fingerprint density at radius 3 is 2.78 bits per heavy atom. The Kier molecular flexibility index (Phi) is 2.72. The highest BCUT2D eigenvalue weighted by atomic mass is 32.1. The van der Waals surface area contributed by atoms with Crippen molar-refractivity contribution in [2.24, 2.45) is 0 Å². The van der Waals surface area contributed by atoms with E-state index < -0.39 is 0 Å². The van der Waals surface area contributed by atoms with Crippen LogP contribution in [0.25, 0.3) is 22.1 Å². The van der Waals surface area contributed by atoms with Crippen LogP contribution in [0.5, 0.6) is 0 Å². The van der Waals surface area contributed by atoms with Gasteiger partial charge in [-0.1, -0.05) is 29.8 Å². The lowest BCUT2D eigenvalue weighted by Gasteiger charge is -2.01. The van der Waals surface area contributed by atoms with Crippen LogP contribution >= 0.6 is 11.3 Å². The van der Waals surface area contributed by atoms with Crippen LogP contribution in [0.3, 0.4) is 0 Å². The number of nitrogens with one attached hydrogen (secondary N) is 1. The quantitative estimate of drug-likeness (QED) is 0.756. The number of hydrogen-bond acceptors (Lipinski definition) is 3. The third kappa shape index (κ3) is 1.95. The molecule has 18 heavy (non-hydrogen) atoms. The topological polar surface area (TPSA) is 41.6 Å². The van der Waals surface area contributed by atoms with E-state index in [2.05, 4.69) is 47.2 Å². The number of aromatic nitrogens is 3. The summed E-state index contributed by atoms with van der Waals surface area (Å²) in [5, 5.41) is 9.34. The molecule has 0 atom stereocenters. The van der Waals surface area contributed by atoms with Crippen molar-refractivity contribution in [3.63, 3.8) is 0 Å². The zero-order chi connectivity index (χ0) is 12.5. The average molecular weight is 255 g/mol. The van der Waals surface area contributed by atoms with Crippen molar-refractivity contribution >= 4 is 11.3 Å². The third-order valence-corrected chi connectivity index (χ3v) is 3.74. The minimum atomic E-state index is 0.760. The first kappa shape index (κ1) is 11.2. The third-order valence-electron chi connectivity index (χ3n) is 2.86. The lowest BCUT2D eigenvalue weighted by atomic mass is 10.1. The molecule has 3 aromatic rings. The Hall–Kier alpha value is -1.94. The van der Waals surface area contributed by atoms with Crippen molar-refractivity contribution in [2.75, 3.05) is 0 Å². The molecule has 0 aliphatic heterocycles. The van der Waals surface area contributed by atoms with E-state index in [0.717, 1.165) is 22.1 Å². The summed E-state index contributed by atoms with van der Waals surface area (Å²) in [5.41, 5.74) is 3.54. The number of aryl methyl sites for hydroxylation is 2. The van der Waals surface area contributed by atoms with Crippen LogP contribution in [-0.2, 0) is 0 Å². The van der Waals surface area contributed by atoms with Gasteiger partial charge in [0, 0.05) is 5.56 Å². The molecule has 1 N–H and O–H groups in total. The summed E-state index contributed by atoms with van der Waals surface area (Å²) in [4.78, 5) is 5.67. The van der Waals surface area contributed by atoms with Crippen LogP contribution in [0.1, 0.15) is 11.1 Å². The molecular formula is C14H13N3S. The Bertz CT molecular complexity index is 668. The van der Waals surface area contributed by atoms with Crippen LogP contribution in [0.4, 0.5) is 0 Å². The van der Waals surface area contributed by atoms with E-state index in [1.54, 1.807) is 11.3 Å². The lowest BCUT2D eigenvalue weighted by molar-refractivity contribution is 1.10. The summed E-state index contributed by atoms with van der Waals surface area (Å²) in [7, 11) is 0. The van der Waals surface area contributed by atoms with Crippen molar-refractivity contribution in [2.45, 2.75) is 13.8 Å². The van der Waals surface area contributed by atoms with Gasteiger partial charge in [0.05, 0.1) is 4.88 Å². The maximum absolute atomic E-state index is 4.56. The van der Waals surface area contributed by atoms with Gasteiger partial charge in [-0.15, -0.1) is 11.3 Å². The predicted octanol–water partition coefficient (Wildman–Crippen LogP) is 3.82. The first-order valence-electron chi connectivity index (χ1n) is 5.78. The van der Waals surface area contributed by atoms with Crippen LogP contribution in [0, 0.1) is 13.8 Å². The summed E-state index contributed by atoms with van der Waals surface area (Å²) >= 11 is 1.66. The fourth-order valence-corrected chi connectivity index (χ4v) is 2.63. The monoisotopic (exact) mass is 255 g/mol.